The molecule has 0 aromatic carbocycles. The zero-order valence-electron chi connectivity index (χ0n) is 17.7. The van der Waals surface area contributed by atoms with E-state index in [1.165, 1.54) is 38.9 Å². The second-order valence-corrected chi connectivity index (χ2v) is 8.04. The quantitative estimate of drug-likeness (QED) is 0.201. The van der Waals surface area contributed by atoms with E-state index in [1.807, 2.05) is 18.1 Å². The average Bonchev–Trinajstić information content (AvgIpc) is 3.14. The molecule has 0 atom stereocenters. The van der Waals surface area contributed by atoms with E-state index in [4.69, 9.17) is 4.99 Å². The van der Waals surface area contributed by atoms with E-state index < -0.39 is 0 Å². The second kappa shape index (κ2) is 15.3. The van der Waals surface area contributed by atoms with Crippen LogP contribution in [0.5, 0.6) is 0 Å². The first-order valence-electron chi connectivity index (χ1n) is 10.4. The lowest BCUT2D eigenvalue weighted by Crippen LogP contribution is -2.49. The van der Waals surface area contributed by atoms with Gasteiger partial charge in [-0.1, -0.05) is 13.8 Å². The van der Waals surface area contributed by atoms with Crippen molar-refractivity contribution in [3.05, 3.63) is 12.2 Å². The summed E-state index contributed by atoms with van der Waals surface area (Å²) in [5.74, 6) is 3.15. The van der Waals surface area contributed by atoms with Gasteiger partial charge < -0.3 is 20.1 Å². The molecule has 0 radical (unpaired) electrons. The Morgan fingerprint density at radius 3 is 2.75 bits per heavy atom. The molecule has 1 aliphatic heterocycles. The number of thioether (sulfide) groups is 1. The third kappa shape index (κ3) is 9.30. The van der Waals surface area contributed by atoms with E-state index in [9.17, 15) is 0 Å². The van der Waals surface area contributed by atoms with Crippen molar-refractivity contribution in [3.8, 4) is 0 Å². The fraction of sp³-hybridized carbons (Fsp3) is 0.842. The van der Waals surface area contributed by atoms with Crippen LogP contribution < -0.4 is 10.6 Å². The average molecular weight is 524 g/mol. The molecule has 1 aromatic rings. The summed E-state index contributed by atoms with van der Waals surface area (Å²) in [6.45, 7) is 10.5. The molecule has 7 nitrogen and oxygen atoms in total. The molecular weight excluding hydrogens is 485 g/mol. The standard InChI is InChI=1S/C19H37N7S.HI/c1-4-11-25-12-7-17(8-13-25)23-19(20-9-6-15-27-3)21-10-14-26-16-22-24-18(26)5-2;/h16-17H,4-15H2,1-3H3,(H2,20,21,23);1H. The fourth-order valence-corrected chi connectivity index (χ4v) is 3.81. The summed E-state index contributed by atoms with van der Waals surface area (Å²) in [7, 11) is 0. The highest BCUT2D eigenvalue weighted by molar-refractivity contribution is 14.0. The van der Waals surface area contributed by atoms with Crippen LogP contribution in [0.25, 0.3) is 0 Å². The molecule has 162 valence electrons. The first-order valence-corrected chi connectivity index (χ1v) is 11.8. The highest BCUT2D eigenvalue weighted by Gasteiger charge is 2.19. The molecule has 0 unspecified atom stereocenters. The van der Waals surface area contributed by atoms with Crippen molar-refractivity contribution >= 4 is 41.7 Å². The number of piperidine rings is 1. The third-order valence-corrected chi connectivity index (χ3v) is 5.60. The Kier molecular flexibility index (Phi) is 13.9. The predicted octanol–water partition coefficient (Wildman–Crippen LogP) is 2.62. The van der Waals surface area contributed by atoms with Crippen molar-refractivity contribution in [3.63, 3.8) is 0 Å². The summed E-state index contributed by atoms with van der Waals surface area (Å²) in [6.07, 6.45) is 9.61. The lowest BCUT2D eigenvalue weighted by molar-refractivity contribution is 0.206. The van der Waals surface area contributed by atoms with Crippen molar-refractivity contribution < 1.29 is 0 Å². The summed E-state index contributed by atoms with van der Waals surface area (Å²) in [6, 6.07) is 0.519. The normalized spacial score (nSPS) is 16.0. The number of guanidine groups is 1. The molecular formula is C19H38IN7S. The first-order chi connectivity index (χ1) is 13.3. The van der Waals surface area contributed by atoms with Gasteiger partial charge in [-0.2, -0.15) is 11.8 Å². The van der Waals surface area contributed by atoms with Crippen LogP contribution in [0.15, 0.2) is 11.3 Å². The molecule has 0 bridgehead atoms. The van der Waals surface area contributed by atoms with Gasteiger partial charge in [0.15, 0.2) is 5.96 Å². The van der Waals surface area contributed by atoms with E-state index in [-0.39, 0.29) is 24.0 Å². The van der Waals surface area contributed by atoms with Gasteiger partial charge in [-0.05, 0) is 44.2 Å². The zero-order valence-corrected chi connectivity index (χ0v) is 20.8. The van der Waals surface area contributed by atoms with Gasteiger partial charge in [0, 0.05) is 45.2 Å². The van der Waals surface area contributed by atoms with Crippen LogP contribution in [0.3, 0.4) is 0 Å². The van der Waals surface area contributed by atoms with Crippen molar-refractivity contribution in [2.45, 2.75) is 58.5 Å². The van der Waals surface area contributed by atoms with E-state index in [2.05, 4.69) is 50.4 Å². The van der Waals surface area contributed by atoms with E-state index >= 15 is 0 Å². The summed E-state index contributed by atoms with van der Waals surface area (Å²) < 4.78 is 2.11. The Labute approximate surface area is 191 Å². The number of rotatable bonds is 11. The Morgan fingerprint density at radius 2 is 2.07 bits per heavy atom. The number of aryl methyl sites for hydroxylation is 1. The molecule has 1 saturated heterocycles. The van der Waals surface area contributed by atoms with E-state index in [0.717, 1.165) is 50.0 Å². The SMILES string of the molecule is CCCN1CCC(NC(=NCCCSC)NCCn2cnnc2CC)CC1.I. The summed E-state index contributed by atoms with van der Waals surface area (Å²) in [5, 5.41) is 15.3. The number of aliphatic imine (C=N–C) groups is 1. The smallest absolute Gasteiger partial charge is 0.191 e. The topological polar surface area (TPSA) is 70.4 Å². The maximum atomic E-state index is 4.80. The van der Waals surface area contributed by atoms with Crippen LogP contribution in [0.4, 0.5) is 0 Å². The first kappa shape index (κ1) is 25.5. The molecule has 0 aliphatic carbocycles. The lowest BCUT2D eigenvalue weighted by Gasteiger charge is -2.32. The Balaban J connectivity index is 0.00000392. The van der Waals surface area contributed by atoms with Gasteiger partial charge in [0.1, 0.15) is 12.2 Å². The van der Waals surface area contributed by atoms with Crippen LogP contribution in [-0.2, 0) is 13.0 Å². The minimum absolute atomic E-state index is 0. The minimum atomic E-state index is 0. The largest absolute Gasteiger partial charge is 0.355 e. The van der Waals surface area contributed by atoms with Crippen LogP contribution >= 0.6 is 35.7 Å². The van der Waals surface area contributed by atoms with E-state index in [1.54, 1.807) is 0 Å². The molecule has 1 aliphatic rings. The molecule has 0 amide bonds. The minimum Gasteiger partial charge on any atom is -0.355 e. The number of aromatic nitrogens is 3. The number of nitrogens with one attached hydrogen (secondary N) is 2. The summed E-state index contributed by atoms with van der Waals surface area (Å²) in [5.41, 5.74) is 0. The Morgan fingerprint density at radius 1 is 1.29 bits per heavy atom. The van der Waals surface area contributed by atoms with Gasteiger partial charge in [-0.25, -0.2) is 0 Å². The third-order valence-electron chi connectivity index (χ3n) is 4.90. The highest BCUT2D eigenvalue weighted by Crippen LogP contribution is 2.10. The Hall–Kier alpha value is -0.550. The van der Waals surface area contributed by atoms with Crippen molar-refractivity contribution in [1.29, 1.82) is 0 Å². The summed E-state index contributed by atoms with van der Waals surface area (Å²) in [4.78, 5) is 7.37. The van der Waals surface area contributed by atoms with Crippen molar-refractivity contribution in [2.75, 3.05) is 44.7 Å². The number of halogens is 1. The van der Waals surface area contributed by atoms with Gasteiger partial charge in [0.2, 0.25) is 0 Å². The van der Waals surface area contributed by atoms with Gasteiger partial charge in [0.25, 0.3) is 0 Å². The molecule has 1 fully saturated rings. The van der Waals surface area contributed by atoms with Crippen LogP contribution in [0, 0.1) is 0 Å². The molecule has 2 heterocycles. The Bertz CT molecular complexity index is 544. The maximum Gasteiger partial charge on any atom is 0.191 e. The number of nitrogens with zero attached hydrogens (tertiary/aromatic N) is 5. The van der Waals surface area contributed by atoms with Crippen molar-refractivity contribution in [1.82, 2.24) is 30.3 Å². The molecule has 1 aromatic heterocycles. The molecule has 9 heteroatoms. The molecule has 2 rings (SSSR count). The molecule has 0 saturated carbocycles. The summed E-state index contributed by atoms with van der Waals surface area (Å²) >= 11 is 1.88. The molecule has 28 heavy (non-hydrogen) atoms. The van der Waals surface area contributed by atoms with Crippen LogP contribution in [-0.4, -0.2) is 76.4 Å². The number of likely N-dealkylation sites (tertiary alicyclic amines) is 1. The maximum absolute atomic E-state index is 4.80. The van der Waals surface area contributed by atoms with Gasteiger partial charge in [-0.15, -0.1) is 34.2 Å². The lowest BCUT2D eigenvalue weighted by atomic mass is 10.1. The molecule has 0 spiro atoms. The molecule has 2 N–H and O–H groups in total. The van der Waals surface area contributed by atoms with Crippen LogP contribution in [0.2, 0.25) is 0 Å². The van der Waals surface area contributed by atoms with Crippen molar-refractivity contribution in [2.24, 2.45) is 4.99 Å². The van der Waals surface area contributed by atoms with Gasteiger partial charge in [-0.3, -0.25) is 4.99 Å². The zero-order chi connectivity index (χ0) is 19.3. The van der Waals surface area contributed by atoms with E-state index in [0.29, 0.717) is 6.04 Å². The van der Waals surface area contributed by atoms with Gasteiger partial charge >= 0.3 is 0 Å². The highest BCUT2D eigenvalue weighted by atomic mass is 127. The predicted molar refractivity (Wildman–Crippen MR) is 131 cm³/mol. The second-order valence-electron chi connectivity index (χ2n) is 7.06. The fourth-order valence-electron chi connectivity index (χ4n) is 3.40. The van der Waals surface area contributed by atoms with Crippen LogP contribution in [0.1, 0.15) is 45.4 Å². The van der Waals surface area contributed by atoms with Gasteiger partial charge in [0.05, 0.1) is 0 Å². The number of hydrogen-bond donors (Lipinski definition) is 2. The monoisotopic (exact) mass is 523 g/mol. The number of hydrogen-bond acceptors (Lipinski definition) is 5.